The fourth-order valence-electron chi connectivity index (χ4n) is 2.07. The highest BCUT2D eigenvalue weighted by Crippen LogP contribution is 2.22. The molecule has 1 radical (unpaired) electrons. The average molecular weight is 183 g/mol. The lowest BCUT2D eigenvalue weighted by Gasteiger charge is -2.28. The fourth-order valence-corrected chi connectivity index (χ4v) is 2.07. The minimum Gasteiger partial charge on any atom is -0.378 e. The van der Waals surface area contributed by atoms with Crippen LogP contribution < -0.4 is 0 Å². The van der Waals surface area contributed by atoms with Crippen LogP contribution in [-0.2, 0) is 9.47 Å². The van der Waals surface area contributed by atoms with Crippen LogP contribution in [0.2, 0.25) is 0 Å². The molecular weight excluding hydrogens is 164 g/mol. The van der Waals surface area contributed by atoms with E-state index < -0.39 is 0 Å². The second-order valence-corrected chi connectivity index (χ2v) is 4.00. The Morgan fingerprint density at radius 3 is 1.69 bits per heavy atom. The van der Waals surface area contributed by atoms with Gasteiger partial charge in [0.15, 0.2) is 0 Å². The molecule has 0 bridgehead atoms. The summed E-state index contributed by atoms with van der Waals surface area (Å²) in [4.78, 5) is 0. The summed E-state index contributed by atoms with van der Waals surface area (Å²) in [5.74, 6) is 0. The Labute approximate surface area is 80.6 Å². The van der Waals surface area contributed by atoms with E-state index in [1.807, 2.05) is 0 Å². The highest BCUT2D eigenvalue weighted by molar-refractivity contribution is 4.88. The highest BCUT2D eigenvalue weighted by atomic mass is 16.5. The molecule has 2 aliphatic heterocycles. The van der Waals surface area contributed by atoms with E-state index in [0.29, 0.717) is 12.2 Å². The van der Waals surface area contributed by atoms with Crippen LogP contribution in [0.3, 0.4) is 0 Å². The van der Waals surface area contributed by atoms with E-state index in [1.165, 1.54) is 38.5 Å². The van der Waals surface area contributed by atoms with Crippen molar-refractivity contribution in [2.75, 3.05) is 13.2 Å². The van der Waals surface area contributed by atoms with E-state index in [1.54, 1.807) is 0 Å². The van der Waals surface area contributed by atoms with Crippen molar-refractivity contribution in [3.8, 4) is 0 Å². The molecule has 2 heterocycles. The molecule has 0 aromatic rings. The van der Waals surface area contributed by atoms with Gasteiger partial charge in [0.2, 0.25) is 0 Å². The first-order chi connectivity index (χ1) is 6.45. The molecule has 13 heavy (non-hydrogen) atoms. The molecule has 2 fully saturated rings. The van der Waals surface area contributed by atoms with Crippen molar-refractivity contribution in [2.24, 2.45) is 0 Å². The van der Waals surface area contributed by atoms with Crippen molar-refractivity contribution >= 4 is 0 Å². The molecular formula is C11H19O2. The molecule has 0 spiro atoms. The SMILES string of the molecule is [CH](C1CCCCO1)C1CCCCO1. The maximum absolute atomic E-state index is 5.65. The summed E-state index contributed by atoms with van der Waals surface area (Å²) < 4.78 is 11.3. The van der Waals surface area contributed by atoms with E-state index in [0.717, 1.165) is 13.2 Å². The number of hydrogen-bond donors (Lipinski definition) is 0. The van der Waals surface area contributed by atoms with Crippen LogP contribution in [0.1, 0.15) is 38.5 Å². The smallest absolute Gasteiger partial charge is 0.0632 e. The Balaban J connectivity index is 1.69. The van der Waals surface area contributed by atoms with Gasteiger partial charge in [-0.1, -0.05) is 0 Å². The van der Waals surface area contributed by atoms with Crippen molar-refractivity contribution in [3.63, 3.8) is 0 Å². The van der Waals surface area contributed by atoms with E-state index in [-0.39, 0.29) is 0 Å². The molecule has 0 aromatic heterocycles. The van der Waals surface area contributed by atoms with Gasteiger partial charge in [0.05, 0.1) is 12.2 Å². The minimum atomic E-state index is 0.372. The van der Waals surface area contributed by atoms with Gasteiger partial charge in [-0.2, -0.15) is 0 Å². The lowest BCUT2D eigenvalue weighted by atomic mass is 9.99. The standard InChI is InChI=1S/C11H19O2/c1-3-7-12-10(5-1)9-11-6-2-4-8-13-11/h9-11H,1-8H2. The first kappa shape index (κ1) is 9.47. The molecule has 0 aromatic carbocycles. The maximum Gasteiger partial charge on any atom is 0.0632 e. The molecule has 0 amide bonds. The predicted octanol–water partition coefficient (Wildman–Crippen LogP) is 2.33. The van der Waals surface area contributed by atoms with Crippen LogP contribution in [-0.4, -0.2) is 25.4 Å². The Kier molecular flexibility index (Phi) is 3.62. The molecule has 2 aliphatic rings. The molecule has 2 unspecified atom stereocenters. The molecule has 75 valence electrons. The van der Waals surface area contributed by atoms with Crippen LogP contribution in [0, 0.1) is 6.42 Å². The number of ether oxygens (including phenoxy) is 2. The van der Waals surface area contributed by atoms with Crippen LogP contribution in [0.4, 0.5) is 0 Å². The normalized spacial score (nSPS) is 36.0. The van der Waals surface area contributed by atoms with Gasteiger partial charge in [-0.3, -0.25) is 0 Å². The average Bonchev–Trinajstić information content (AvgIpc) is 2.21. The summed E-state index contributed by atoms with van der Waals surface area (Å²) in [6.45, 7) is 1.88. The third kappa shape index (κ3) is 2.96. The lowest BCUT2D eigenvalue weighted by Crippen LogP contribution is -2.29. The second-order valence-electron chi connectivity index (χ2n) is 4.00. The van der Waals surface area contributed by atoms with Gasteiger partial charge in [-0.25, -0.2) is 0 Å². The Bertz CT molecular complexity index is 119. The van der Waals surface area contributed by atoms with Crippen molar-refractivity contribution in [3.05, 3.63) is 6.42 Å². The number of rotatable bonds is 2. The summed E-state index contributed by atoms with van der Waals surface area (Å²) in [6, 6.07) is 0. The summed E-state index contributed by atoms with van der Waals surface area (Å²) in [7, 11) is 0. The maximum atomic E-state index is 5.65. The van der Waals surface area contributed by atoms with Crippen molar-refractivity contribution in [1.29, 1.82) is 0 Å². The van der Waals surface area contributed by atoms with Crippen LogP contribution in [0.25, 0.3) is 0 Å². The predicted molar refractivity (Wildman–Crippen MR) is 51.5 cm³/mol. The third-order valence-electron chi connectivity index (χ3n) is 2.86. The quantitative estimate of drug-likeness (QED) is 0.654. The molecule has 0 saturated carbocycles. The zero-order valence-corrected chi connectivity index (χ0v) is 8.21. The minimum absolute atomic E-state index is 0.372. The summed E-state index contributed by atoms with van der Waals surface area (Å²) in [5, 5.41) is 0. The van der Waals surface area contributed by atoms with Crippen molar-refractivity contribution < 1.29 is 9.47 Å². The van der Waals surface area contributed by atoms with E-state index in [9.17, 15) is 0 Å². The largest absolute Gasteiger partial charge is 0.378 e. The topological polar surface area (TPSA) is 18.5 Å². The van der Waals surface area contributed by atoms with Crippen LogP contribution >= 0.6 is 0 Å². The summed E-state index contributed by atoms with van der Waals surface area (Å²) in [6.07, 6.45) is 10.5. The molecule has 0 N–H and O–H groups in total. The lowest BCUT2D eigenvalue weighted by molar-refractivity contribution is -0.0131. The fraction of sp³-hybridized carbons (Fsp3) is 0.909. The van der Waals surface area contributed by atoms with Gasteiger partial charge in [-0.15, -0.1) is 0 Å². The molecule has 2 nitrogen and oxygen atoms in total. The Morgan fingerprint density at radius 2 is 1.31 bits per heavy atom. The van der Waals surface area contributed by atoms with Crippen molar-refractivity contribution in [2.45, 2.75) is 50.7 Å². The summed E-state index contributed by atoms with van der Waals surface area (Å²) in [5.41, 5.74) is 0. The summed E-state index contributed by atoms with van der Waals surface area (Å²) >= 11 is 0. The highest BCUT2D eigenvalue weighted by Gasteiger charge is 2.21. The van der Waals surface area contributed by atoms with E-state index >= 15 is 0 Å². The number of hydrogen-bond acceptors (Lipinski definition) is 2. The first-order valence-corrected chi connectivity index (χ1v) is 5.53. The zero-order chi connectivity index (χ0) is 8.93. The molecule has 2 heteroatoms. The van der Waals surface area contributed by atoms with E-state index in [4.69, 9.17) is 9.47 Å². The first-order valence-electron chi connectivity index (χ1n) is 5.53. The Hall–Kier alpha value is -0.0800. The second kappa shape index (κ2) is 4.97. The monoisotopic (exact) mass is 183 g/mol. The van der Waals surface area contributed by atoms with Crippen molar-refractivity contribution in [1.82, 2.24) is 0 Å². The zero-order valence-electron chi connectivity index (χ0n) is 8.21. The van der Waals surface area contributed by atoms with E-state index in [2.05, 4.69) is 6.42 Å². The van der Waals surface area contributed by atoms with Gasteiger partial charge in [0, 0.05) is 19.6 Å². The molecule has 2 atom stereocenters. The molecule has 2 saturated heterocycles. The molecule has 2 rings (SSSR count). The van der Waals surface area contributed by atoms with Gasteiger partial charge >= 0.3 is 0 Å². The van der Waals surface area contributed by atoms with Gasteiger partial charge in [-0.05, 0) is 38.5 Å². The van der Waals surface area contributed by atoms with Gasteiger partial charge in [0.25, 0.3) is 0 Å². The third-order valence-corrected chi connectivity index (χ3v) is 2.86. The Morgan fingerprint density at radius 1 is 0.769 bits per heavy atom. The van der Waals surface area contributed by atoms with Gasteiger partial charge in [0.1, 0.15) is 0 Å². The molecule has 0 aliphatic carbocycles. The van der Waals surface area contributed by atoms with Gasteiger partial charge < -0.3 is 9.47 Å². The van der Waals surface area contributed by atoms with Crippen LogP contribution in [0.5, 0.6) is 0 Å². The van der Waals surface area contributed by atoms with Crippen LogP contribution in [0.15, 0.2) is 0 Å².